The Bertz CT molecular complexity index is 1010. The number of ether oxygens (including phenoxy) is 1. The Morgan fingerprint density at radius 1 is 1.04 bits per heavy atom. The second kappa shape index (κ2) is 8.29. The van der Waals surface area contributed by atoms with E-state index in [9.17, 15) is 4.79 Å². The van der Waals surface area contributed by atoms with Crippen molar-refractivity contribution < 1.29 is 9.53 Å². The van der Waals surface area contributed by atoms with E-state index in [1.807, 2.05) is 51.4 Å². The van der Waals surface area contributed by atoms with Crippen LogP contribution in [0.1, 0.15) is 27.0 Å². The van der Waals surface area contributed by atoms with Gasteiger partial charge in [-0.3, -0.25) is 9.69 Å². The molecule has 1 aromatic heterocycles. The fourth-order valence-electron chi connectivity index (χ4n) is 2.99. The summed E-state index contributed by atoms with van der Waals surface area (Å²) >= 11 is 1.54. The van der Waals surface area contributed by atoms with Gasteiger partial charge in [0.25, 0.3) is 5.91 Å². The maximum Gasteiger partial charge on any atom is 0.260 e. The highest BCUT2D eigenvalue weighted by Gasteiger charge is 2.23. The third kappa shape index (κ3) is 4.03. The molecule has 0 aliphatic carbocycles. The summed E-state index contributed by atoms with van der Waals surface area (Å²) in [6, 6.07) is 9.80. The standard InChI is InChI=1S/C22H27N3O2S/c1-14-7-9-17(13-16(14)3)21(26)25(12-11-24(4)5)22-23-19-18(27-6)10-8-15(2)20(19)28-22/h7-10,13H,11-12H2,1-6H3. The van der Waals surface area contributed by atoms with Crippen LogP contribution in [0.4, 0.5) is 5.13 Å². The number of nitrogens with zero attached hydrogens (tertiary/aromatic N) is 3. The number of anilines is 1. The van der Waals surface area contributed by atoms with Crippen molar-refractivity contribution in [3.8, 4) is 5.75 Å². The van der Waals surface area contributed by atoms with Crippen LogP contribution in [-0.2, 0) is 0 Å². The first-order valence-corrected chi connectivity index (χ1v) is 10.1. The molecule has 0 N–H and O–H groups in total. The van der Waals surface area contributed by atoms with E-state index in [0.29, 0.717) is 17.2 Å². The summed E-state index contributed by atoms with van der Waals surface area (Å²) < 4.78 is 6.53. The number of rotatable bonds is 6. The van der Waals surface area contributed by atoms with Gasteiger partial charge in [-0.2, -0.15) is 0 Å². The zero-order chi connectivity index (χ0) is 20.4. The smallest absolute Gasteiger partial charge is 0.260 e. The molecule has 148 valence electrons. The molecule has 0 fully saturated rings. The van der Waals surface area contributed by atoms with Gasteiger partial charge in [0.1, 0.15) is 11.3 Å². The quantitative estimate of drug-likeness (QED) is 0.617. The summed E-state index contributed by atoms with van der Waals surface area (Å²) in [4.78, 5) is 22.0. The van der Waals surface area contributed by atoms with E-state index < -0.39 is 0 Å². The molecule has 5 nitrogen and oxygen atoms in total. The molecule has 1 heterocycles. The van der Waals surface area contributed by atoms with Gasteiger partial charge in [-0.1, -0.05) is 23.5 Å². The minimum atomic E-state index is -0.0272. The van der Waals surface area contributed by atoms with E-state index in [1.54, 1.807) is 12.0 Å². The van der Waals surface area contributed by atoms with Crippen molar-refractivity contribution in [1.82, 2.24) is 9.88 Å². The Morgan fingerprint density at radius 2 is 1.75 bits per heavy atom. The van der Waals surface area contributed by atoms with Crippen molar-refractivity contribution >= 4 is 32.6 Å². The number of hydrogen-bond acceptors (Lipinski definition) is 5. The number of fused-ring (bicyclic) bond motifs is 1. The number of benzene rings is 2. The SMILES string of the molecule is COc1ccc(C)c2sc(N(CCN(C)C)C(=O)c3ccc(C)c(C)c3)nc12. The zero-order valence-electron chi connectivity index (χ0n) is 17.4. The number of amides is 1. The maximum atomic E-state index is 13.4. The van der Waals surface area contributed by atoms with Crippen molar-refractivity contribution in [3.63, 3.8) is 0 Å². The van der Waals surface area contributed by atoms with Crippen molar-refractivity contribution in [2.75, 3.05) is 39.2 Å². The highest BCUT2D eigenvalue weighted by Crippen LogP contribution is 2.36. The van der Waals surface area contributed by atoms with Gasteiger partial charge in [0, 0.05) is 18.7 Å². The van der Waals surface area contributed by atoms with Crippen molar-refractivity contribution in [1.29, 1.82) is 0 Å². The van der Waals surface area contributed by atoms with Gasteiger partial charge in [-0.25, -0.2) is 4.98 Å². The van der Waals surface area contributed by atoms with Crippen LogP contribution in [0, 0.1) is 20.8 Å². The summed E-state index contributed by atoms with van der Waals surface area (Å²) in [5.74, 6) is 0.704. The number of aryl methyl sites for hydroxylation is 3. The van der Waals surface area contributed by atoms with Crippen LogP contribution in [0.25, 0.3) is 10.2 Å². The van der Waals surface area contributed by atoms with E-state index in [0.717, 1.165) is 33.6 Å². The summed E-state index contributed by atoms with van der Waals surface area (Å²) in [5, 5.41) is 0.702. The molecule has 3 rings (SSSR count). The Balaban J connectivity index is 2.06. The minimum absolute atomic E-state index is 0.0272. The van der Waals surface area contributed by atoms with Crippen LogP contribution >= 0.6 is 11.3 Å². The molecule has 6 heteroatoms. The van der Waals surface area contributed by atoms with Crippen molar-refractivity contribution in [2.45, 2.75) is 20.8 Å². The fraction of sp³-hybridized carbons (Fsp3) is 0.364. The molecule has 2 aromatic carbocycles. The van der Waals surface area contributed by atoms with E-state index in [1.165, 1.54) is 16.9 Å². The van der Waals surface area contributed by atoms with Crippen LogP contribution in [-0.4, -0.2) is 50.1 Å². The lowest BCUT2D eigenvalue weighted by Gasteiger charge is -2.22. The monoisotopic (exact) mass is 397 g/mol. The van der Waals surface area contributed by atoms with E-state index in [4.69, 9.17) is 9.72 Å². The molecule has 1 amide bonds. The van der Waals surface area contributed by atoms with Crippen LogP contribution < -0.4 is 9.64 Å². The molecule has 3 aromatic rings. The number of thiazole rings is 1. The minimum Gasteiger partial charge on any atom is -0.494 e. The number of methoxy groups -OCH3 is 1. The van der Waals surface area contributed by atoms with Gasteiger partial charge in [0.15, 0.2) is 5.13 Å². The largest absolute Gasteiger partial charge is 0.494 e. The van der Waals surface area contributed by atoms with E-state index in [2.05, 4.69) is 18.7 Å². The molecule has 0 aliphatic rings. The molecular weight excluding hydrogens is 370 g/mol. The highest BCUT2D eigenvalue weighted by molar-refractivity contribution is 7.22. The number of hydrogen-bond donors (Lipinski definition) is 0. The van der Waals surface area contributed by atoms with Gasteiger partial charge < -0.3 is 9.64 Å². The molecule has 0 aliphatic heterocycles. The summed E-state index contributed by atoms with van der Waals surface area (Å²) in [6.45, 7) is 7.46. The lowest BCUT2D eigenvalue weighted by atomic mass is 10.1. The average Bonchev–Trinajstić information content (AvgIpc) is 3.10. The Morgan fingerprint density at radius 3 is 2.39 bits per heavy atom. The first kappa shape index (κ1) is 20.3. The number of aromatic nitrogens is 1. The first-order valence-electron chi connectivity index (χ1n) is 9.29. The predicted molar refractivity (Wildman–Crippen MR) is 117 cm³/mol. The van der Waals surface area contributed by atoms with Gasteiger partial charge in [-0.05, 0) is 69.8 Å². The van der Waals surface area contributed by atoms with Gasteiger partial charge in [-0.15, -0.1) is 0 Å². The molecule has 0 radical (unpaired) electrons. The second-order valence-electron chi connectivity index (χ2n) is 7.32. The van der Waals surface area contributed by atoms with Gasteiger partial charge >= 0.3 is 0 Å². The first-order chi connectivity index (χ1) is 13.3. The van der Waals surface area contributed by atoms with Crippen molar-refractivity contribution in [2.24, 2.45) is 0 Å². The molecule has 0 spiro atoms. The zero-order valence-corrected chi connectivity index (χ0v) is 18.2. The molecule has 0 atom stereocenters. The molecule has 0 bridgehead atoms. The molecule has 28 heavy (non-hydrogen) atoms. The maximum absolute atomic E-state index is 13.4. The number of carbonyl (C=O) groups excluding carboxylic acids is 1. The topological polar surface area (TPSA) is 45.7 Å². The Kier molecular flexibility index (Phi) is 6.01. The molecule has 0 saturated carbocycles. The summed E-state index contributed by atoms with van der Waals surface area (Å²) in [5.41, 5.74) is 4.91. The van der Waals surface area contributed by atoms with Gasteiger partial charge in [0.05, 0.1) is 11.8 Å². The van der Waals surface area contributed by atoms with E-state index >= 15 is 0 Å². The Labute approximate surface area is 170 Å². The molecule has 0 unspecified atom stereocenters. The summed E-state index contributed by atoms with van der Waals surface area (Å²) in [7, 11) is 5.65. The highest BCUT2D eigenvalue weighted by atomic mass is 32.1. The van der Waals surface area contributed by atoms with Crippen LogP contribution in [0.5, 0.6) is 5.75 Å². The summed E-state index contributed by atoms with van der Waals surface area (Å²) in [6.07, 6.45) is 0. The fourth-order valence-corrected chi connectivity index (χ4v) is 4.07. The van der Waals surface area contributed by atoms with Gasteiger partial charge in [0.2, 0.25) is 0 Å². The average molecular weight is 398 g/mol. The molecular formula is C22H27N3O2S. The van der Waals surface area contributed by atoms with Crippen LogP contribution in [0.15, 0.2) is 30.3 Å². The van der Waals surface area contributed by atoms with Crippen molar-refractivity contribution in [3.05, 3.63) is 52.6 Å². The Hall–Kier alpha value is -2.44. The predicted octanol–water partition coefficient (Wildman–Crippen LogP) is 4.44. The lowest BCUT2D eigenvalue weighted by molar-refractivity contribution is 0.0985. The number of likely N-dealkylation sites (N-methyl/N-ethyl adjacent to an activating group) is 1. The number of carbonyl (C=O) groups is 1. The third-order valence-corrected chi connectivity index (χ3v) is 6.13. The third-order valence-electron chi connectivity index (χ3n) is 4.91. The van der Waals surface area contributed by atoms with Crippen LogP contribution in [0.3, 0.4) is 0 Å². The van der Waals surface area contributed by atoms with Crippen LogP contribution in [0.2, 0.25) is 0 Å². The second-order valence-corrected chi connectivity index (χ2v) is 8.30. The van der Waals surface area contributed by atoms with E-state index in [-0.39, 0.29) is 5.91 Å². The lowest BCUT2D eigenvalue weighted by Crippen LogP contribution is -2.36. The normalized spacial score (nSPS) is 11.2. The molecule has 0 saturated heterocycles.